The largest absolute Gasteiger partial charge is 0.344 e. The van der Waals surface area contributed by atoms with E-state index >= 15 is 0 Å². The maximum absolute atomic E-state index is 5.89. The van der Waals surface area contributed by atoms with Gasteiger partial charge >= 0.3 is 0 Å². The van der Waals surface area contributed by atoms with Crippen LogP contribution >= 0.6 is 11.6 Å². The Morgan fingerprint density at radius 2 is 2.25 bits per heavy atom. The highest BCUT2D eigenvalue weighted by atomic mass is 35.5. The Bertz CT molecular complexity index is 679. The lowest BCUT2D eigenvalue weighted by atomic mass is 10.3. The first-order chi connectivity index (χ1) is 9.72. The smallest absolute Gasteiger partial charge is 0.241 e. The molecule has 11 heteroatoms. The van der Waals surface area contributed by atoms with E-state index in [1.165, 1.54) is 0 Å². The van der Waals surface area contributed by atoms with Crippen molar-refractivity contribution in [3.8, 4) is 5.95 Å². The molecule has 20 heavy (non-hydrogen) atoms. The molecule has 0 aromatic carbocycles. The summed E-state index contributed by atoms with van der Waals surface area (Å²) < 4.78 is 1.62. The van der Waals surface area contributed by atoms with Gasteiger partial charge in [0.15, 0.2) is 5.82 Å². The van der Waals surface area contributed by atoms with Crippen LogP contribution in [-0.4, -0.2) is 45.1 Å². The summed E-state index contributed by atoms with van der Waals surface area (Å²) in [4.78, 5) is 16.2. The van der Waals surface area contributed by atoms with E-state index in [-0.39, 0.29) is 11.3 Å². The Labute approximate surface area is 117 Å². The molecule has 0 aliphatic heterocycles. The molecule has 0 fully saturated rings. The molecule has 0 aliphatic carbocycles. The van der Waals surface area contributed by atoms with Crippen LogP contribution in [0.3, 0.4) is 0 Å². The van der Waals surface area contributed by atoms with Crippen molar-refractivity contribution in [3.63, 3.8) is 0 Å². The van der Waals surface area contributed by atoms with Crippen molar-refractivity contribution in [1.29, 1.82) is 0 Å². The lowest BCUT2D eigenvalue weighted by Crippen LogP contribution is -2.13. The molecular weight excluding hydrogens is 284 g/mol. The Balaban J connectivity index is 1.87. The molecule has 0 bridgehead atoms. The number of nitrogens with zero attached hydrogens (tertiary/aromatic N) is 8. The molecule has 0 saturated carbocycles. The molecule has 3 aromatic rings. The third-order valence-electron chi connectivity index (χ3n) is 2.43. The number of imidazole rings is 1. The minimum absolute atomic E-state index is 0.0755. The molecule has 2 N–H and O–H groups in total. The second-order valence-corrected chi connectivity index (χ2v) is 4.17. The summed E-state index contributed by atoms with van der Waals surface area (Å²) in [6.45, 7) is 1.85. The van der Waals surface area contributed by atoms with Gasteiger partial charge in [-0.1, -0.05) is 5.21 Å². The molecule has 1 atom stereocenters. The normalized spacial score (nSPS) is 12.3. The fourth-order valence-corrected chi connectivity index (χ4v) is 1.66. The lowest BCUT2D eigenvalue weighted by molar-refractivity contribution is 0.772. The molecule has 3 rings (SSSR count). The van der Waals surface area contributed by atoms with Crippen LogP contribution in [0.5, 0.6) is 0 Å². The summed E-state index contributed by atoms with van der Waals surface area (Å²) in [5.74, 6) is 1.17. The highest BCUT2D eigenvalue weighted by molar-refractivity contribution is 6.28. The monoisotopic (exact) mass is 292 g/mol. The Morgan fingerprint density at radius 3 is 2.95 bits per heavy atom. The van der Waals surface area contributed by atoms with Gasteiger partial charge in [-0.15, -0.1) is 10.2 Å². The SMILES string of the molecule is CC(Nc1nc(Cl)nc(-n2ccnc2)n1)c1nn[nH]n1. The zero-order valence-corrected chi connectivity index (χ0v) is 11.0. The van der Waals surface area contributed by atoms with E-state index in [4.69, 9.17) is 11.6 Å². The van der Waals surface area contributed by atoms with Crippen LogP contribution in [0.4, 0.5) is 5.95 Å². The zero-order chi connectivity index (χ0) is 13.9. The molecule has 3 heterocycles. The fraction of sp³-hybridized carbons (Fsp3) is 0.222. The van der Waals surface area contributed by atoms with Crippen LogP contribution in [0.25, 0.3) is 5.95 Å². The maximum Gasteiger partial charge on any atom is 0.241 e. The Kier molecular flexibility index (Phi) is 3.21. The van der Waals surface area contributed by atoms with Crippen molar-refractivity contribution in [1.82, 2.24) is 45.1 Å². The van der Waals surface area contributed by atoms with Crippen molar-refractivity contribution >= 4 is 17.5 Å². The van der Waals surface area contributed by atoms with E-state index in [0.29, 0.717) is 17.7 Å². The van der Waals surface area contributed by atoms with Crippen LogP contribution in [0.1, 0.15) is 18.8 Å². The van der Waals surface area contributed by atoms with Gasteiger partial charge in [0.25, 0.3) is 0 Å². The number of nitrogens with one attached hydrogen (secondary N) is 2. The van der Waals surface area contributed by atoms with Crippen LogP contribution in [0, 0.1) is 0 Å². The van der Waals surface area contributed by atoms with Gasteiger partial charge in [-0.2, -0.15) is 20.2 Å². The van der Waals surface area contributed by atoms with Gasteiger partial charge in [0.05, 0.1) is 6.04 Å². The van der Waals surface area contributed by atoms with E-state index in [2.05, 4.69) is 45.9 Å². The standard InChI is InChI=1S/C9H9ClN10/c1-5(6-16-18-19-17-6)12-8-13-7(10)14-9(15-8)20-3-2-11-4-20/h2-5H,1H3,(H,12,13,14,15)(H,16,17,18,19). The summed E-state index contributed by atoms with van der Waals surface area (Å²) in [5, 5.41) is 16.7. The molecule has 0 aliphatic rings. The number of hydrogen-bond acceptors (Lipinski definition) is 8. The molecule has 0 saturated heterocycles. The average Bonchev–Trinajstić information content (AvgIpc) is 3.12. The van der Waals surface area contributed by atoms with Crippen molar-refractivity contribution in [2.75, 3.05) is 5.32 Å². The first kappa shape index (κ1) is 12.4. The topological polar surface area (TPSA) is 123 Å². The predicted octanol–water partition coefficient (Wildman–Crippen LogP) is 0.397. The average molecular weight is 293 g/mol. The lowest BCUT2D eigenvalue weighted by Gasteiger charge is -2.10. The van der Waals surface area contributed by atoms with Gasteiger partial charge in [-0.05, 0) is 18.5 Å². The minimum Gasteiger partial charge on any atom is -0.344 e. The van der Waals surface area contributed by atoms with Gasteiger partial charge in [-0.25, -0.2) is 4.98 Å². The number of hydrogen-bond donors (Lipinski definition) is 2. The number of halogens is 1. The molecule has 0 spiro atoms. The number of rotatable bonds is 4. The van der Waals surface area contributed by atoms with Gasteiger partial charge in [0.2, 0.25) is 17.2 Å². The van der Waals surface area contributed by atoms with Crippen LogP contribution in [-0.2, 0) is 0 Å². The third-order valence-corrected chi connectivity index (χ3v) is 2.60. The zero-order valence-electron chi connectivity index (χ0n) is 10.3. The molecule has 102 valence electrons. The van der Waals surface area contributed by atoms with Crippen LogP contribution in [0.2, 0.25) is 5.28 Å². The van der Waals surface area contributed by atoms with Crippen molar-refractivity contribution < 1.29 is 0 Å². The molecule has 1 unspecified atom stereocenters. The quantitative estimate of drug-likeness (QED) is 0.708. The molecule has 10 nitrogen and oxygen atoms in total. The van der Waals surface area contributed by atoms with Crippen LogP contribution < -0.4 is 5.32 Å². The summed E-state index contributed by atoms with van der Waals surface area (Å²) in [5.41, 5.74) is 0. The van der Waals surface area contributed by atoms with Gasteiger partial charge < -0.3 is 5.32 Å². The summed E-state index contributed by atoms with van der Waals surface area (Å²) >= 11 is 5.89. The Hall–Kier alpha value is -2.62. The van der Waals surface area contributed by atoms with Crippen molar-refractivity contribution in [3.05, 3.63) is 29.8 Å². The highest BCUT2D eigenvalue weighted by Crippen LogP contribution is 2.14. The van der Waals surface area contributed by atoms with E-state index in [1.807, 2.05) is 6.92 Å². The fourth-order valence-electron chi connectivity index (χ4n) is 1.51. The number of aromatic amines is 1. The van der Waals surface area contributed by atoms with Gasteiger partial charge in [0, 0.05) is 12.4 Å². The van der Waals surface area contributed by atoms with E-state index < -0.39 is 0 Å². The first-order valence-electron chi connectivity index (χ1n) is 5.62. The first-order valence-corrected chi connectivity index (χ1v) is 6.00. The molecule has 0 amide bonds. The van der Waals surface area contributed by atoms with Crippen molar-refractivity contribution in [2.24, 2.45) is 0 Å². The number of aromatic nitrogens is 9. The van der Waals surface area contributed by atoms with Crippen LogP contribution in [0.15, 0.2) is 18.7 Å². The molecular formula is C9H9ClN10. The number of tetrazole rings is 1. The molecule has 0 radical (unpaired) electrons. The second-order valence-electron chi connectivity index (χ2n) is 3.83. The third kappa shape index (κ3) is 2.54. The molecule has 3 aromatic heterocycles. The van der Waals surface area contributed by atoms with E-state index in [1.54, 1.807) is 23.3 Å². The maximum atomic E-state index is 5.89. The van der Waals surface area contributed by atoms with Gasteiger partial charge in [0.1, 0.15) is 6.33 Å². The minimum atomic E-state index is -0.233. The predicted molar refractivity (Wildman–Crippen MR) is 68.2 cm³/mol. The summed E-state index contributed by atoms with van der Waals surface area (Å²) in [7, 11) is 0. The van der Waals surface area contributed by atoms with E-state index in [0.717, 1.165) is 0 Å². The summed E-state index contributed by atoms with van der Waals surface area (Å²) in [6.07, 6.45) is 4.89. The number of anilines is 1. The Morgan fingerprint density at radius 1 is 1.35 bits per heavy atom. The number of H-pyrrole nitrogens is 1. The highest BCUT2D eigenvalue weighted by Gasteiger charge is 2.13. The van der Waals surface area contributed by atoms with E-state index in [9.17, 15) is 0 Å². The van der Waals surface area contributed by atoms with Gasteiger partial charge in [-0.3, -0.25) is 4.57 Å². The summed E-state index contributed by atoms with van der Waals surface area (Å²) in [6, 6.07) is -0.233. The second kappa shape index (κ2) is 5.17. The van der Waals surface area contributed by atoms with Crippen molar-refractivity contribution in [2.45, 2.75) is 13.0 Å².